The van der Waals surface area contributed by atoms with Crippen LogP contribution in [-0.2, 0) is 21.4 Å². The van der Waals surface area contributed by atoms with Gasteiger partial charge in [-0.1, -0.05) is 39.0 Å². The summed E-state index contributed by atoms with van der Waals surface area (Å²) >= 11 is 0. The number of fused-ring (bicyclic) bond motifs is 1. The molecule has 2 aliphatic rings. The SMILES string of the molecule is COC(=O)NCCN(C)Cc1ccc2c(c(C(C)(C)C)nn2C2CCCCO2)c1C1CCN(c2cccc(C)c2)CC1. The van der Waals surface area contributed by atoms with Gasteiger partial charge in [-0.25, -0.2) is 9.48 Å². The van der Waals surface area contributed by atoms with Crippen LogP contribution in [0.3, 0.4) is 0 Å². The molecule has 1 N–H and O–H groups in total. The van der Waals surface area contributed by atoms with Crippen molar-refractivity contribution >= 4 is 22.7 Å². The molecular formula is C34H49N5O3. The van der Waals surface area contributed by atoms with E-state index in [1.165, 1.54) is 52.5 Å². The number of anilines is 1. The standard InChI is InChI=1S/C34H49N5O3/c1-24-10-9-11-27(22-24)38-18-15-25(16-19-38)30-26(23-37(5)20-17-35-33(40)41-6)13-14-28-31(30)32(34(2,3)4)36-39(28)29-12-7-8-21-42-29/h9-11,13-14,22,25,29H,7-8,12,15-21,23H2,1-6H3,(H,35,40). The quantitative estimate of drug-likeness (QED) is 0.330. The summed E-state index contributed by atoms with van der Waals surface area (Å²) in [4.78, 5) is 16.4. The lowest BCUT2D eigenvalue weighted by Crippen LogP contribution is -2.34. The highest BCUT2D eigenvalue weighted by Crippen LogP contribution is 2.42. The van der Waals surface area contributed by atoms with Crippen LogP contribution in [0.25, 0.3) is 10.9 Å². The van der Waals surface area contributed by atoms with Crippen LogP contribution in [0.2, 0.25) is 0 Å². The fourth-order valence-corrected chi connectivity index (χ4v) is 6.61. The topological polar surface area (TPSA) is 71.9 Å². The Morgan fingerprint density at radius 3 is 2.60 bits per heavy atom. The molecule has 3 aromatic rings. The van der Waals surface area contributed by atoms with Crippen molar-refractivity contribution in [3.05, 3.63) is 58.8 Å². The molecule has 0 aliphatic carbocycles. The Balaban J connectivity index is 1.52. The van der Waals surface area contributed by atoms with Crippen molar-refractivity contribution in [2.45, 2.75) is 83.9 Å². The van der Waals surface area contributed by atoms with E-state index in [-0.39, 0.29) is 11.6 Å². The van der Waals surface area contributed by atoms with Gasteiger partial charge in [-0.3, -0.25) is 0 Å². The van der Waals surface area contributed by atoms with Crippen molar-refractivity contribution in [2.75, 3.05) is 51.8 Å². The first-order valence-electron chi connectivity index (χ1n) is 15.6. The molecule has 2 saturated heterocycles. The molecule has 3 heterocycles. The second-order valence-corrected chi connectivity index (χ2v) is 13.2. The lowest BCUT2D eigenvalue weighted by molar-refractivity contribution is -0.0370. The number of nitrogens with zero attached hydrogens (tertiary/aromatic N) is 4. The Labute approximate surface area is 251 Å². The molecule has 42 heavy (non-hydrogen) atoms. The Kier molecular flexibility index (Phi) is 9.43. The molecule has 8 heteroatoms. The second-order valence-electron chi connectivity index (χ2n) is 13.2. The molecule has 1 amide bonds. The number of aromatic nitrogens is 2. The molecule has 1 aromatic heterocycles. The smallest absolute Gasteiger partial charge is 0.406 e. The number of carbonyl (C=O) groups excluding carboxylic acids is 1. The molecule has 8 nitrogen and oxygen atoms in total. The number of rotatable bonds is 8. The number of aryl methyl sites for hydroxylation is 1. The minimum atomic E-state index is -0.391. The van der Waals surface area contributed by atoms with Gasteiger partial charge in [0.2, 0.25) is 0 Å². The van der Waals surface area contributed by atoms with E-state index in [2.05, 4.69) is 90.9 Å². The summed E-state index contributed by atoms with van der Waals surface area (Å²) < 4.78 is 13.2. The molecule has 0 saturated carbocycles. The Morgan fingerprint density at radius 1 is 1.14 bits per heavy atom. The molecule has 0 spiro atoms. The number of alkyl carbamates (subject to hydrolysis) is 1. The number of hydrogen-bond acceptors (Lipinski definition) is 6. The molecule has 2 fully saturated rings. The van der Waals surface area contributed by atoms with Gasteiger partial charge in [0, 0.05) is 55.8 Å². The van der Waals surface area contributed by atoms with Crippen molar-refractivity contribution in [2.24, 2.45) is 0 Å². The minimum absolute atomic E-state index is 0.00807. The zero-order valence-corrected chi connectivity index (χ0v) is 26.4. The predicted molar refractivity (Wildman–Crippen MR) is 169 cm³/mol. The van der Waals surface area contributed by atoms with E-state index in [4.69, 9.17) is 14.6 Å². The normalized spacial score (nSPS) is 18.5. The first-order valence-corrected chi connectivity index (χ1v) is 15.6. The van der Waals surface area contributed by atoms with Crippen molar-refractivity contribution in [3.8, 4) is 0 Å². The summed E-state index contributed by atoms with van der Waals surface area (Å²) in [6.45, 7) is 14.0. The molecule has 1 atom stereocenters. The molecule has 5 rings (SSSR count). The van der Waals surface area contributed by atoms with Crippen LogP contribution in [0.5, 0.6) is 0 Å². The van der Waals surface area contributed by atoms with Gasteiger partial charge in [0.05, 0.1) is 18.3 Å². The number of carbonyl (C=O) groups is 1. The molecule has 2 aromatic carbocycles. The summed E-state index contributed by atoms with van der Waals surface area (Å²) in [5.74, 6) is 0.442. The average Bonchev–Trinajstić information content (AvgIpc) is 3.38. The van der Waals surface area contributed by atoms with Crippen molar-refractivity contribution in [3.63, 3.8) is 0 Å². The summed E-state index contributed by atoms with van der Waals surface area (Å²) in [6, 6.07) is 13.5. The van der Waals surface area contributed by atoms with Crippen LogP contribution in [0.1, 0.15) is 87.4 Å². The number of hydrogen-bond donors (Lipinski definition) is 1. The van der Waals surface area contributed by atoms with Gasteiger partial charge >= 0.3 is 6.09 Å². The lowest BCUT2D eigenvalue weighted by atomic mass is 9.80. The van der Waals surface area contributed by atoms with Crippen molar-refractivity contribution in [1.29, 1.82) is 0 Å². The number of likely N-dealkylation sites (N-methyl/N-ethyl adjacent to an activating group) is 1. The van der Waals surface area contributed by atoms with E-state index >= 15 is 0 Å². The molecular weight excluding hydrogens is 526 g/mol. The van der Waals surface area contributed by atoms with Crippen LogP contribution in [0, 0.1) is 6.92 Å². The zero-order valence-electron chi connectivity index (χ0n) is 26.4. The molecule has 0 bridgehead atoms. The summed E-state index contributed by atoms with van der Waals surface area (Å²) in [6.07, 6.45) is 5.09. The highest BCUT2D eigenvalue weighted by atomic mass is 16.5. The van der Waals surface area contributed by atoms with Gasteiger partial charge < -0.3 is 24.6 Å². The van der Waals surface area contributed by atoms with Crippen LogP contribution in [0.4, 0.5) is 10.5 Å². The van der Waals surface area contributed by atoms with Gasteiger partial charge in [0.25, 0.3) is 0 Å². The molecule has 2 aliphatic heterocycles. The van der Waals surface area contributed by atoms with Crippen LogP contribution < -0.4 is 10.2 Å². The van der Waals surface area contributed by atoms with Gasteiger partial charge in [0.1, 0.15) is 0 Å². The van der Waals surface area contributed by atoms with Crippen molar-refractivity contribution in [1.82, 2.24) is 20.0 Å². The Morgan fingerprint density at radius 2 is 1.93 bits per heavy atom. The van der Waals surface area contributed by atoms with Crippen LogP contribution >= 0.6 is 0 Å². The predicted octanol–water partition coefficient (Wildman–Crippen LogP) is 6.51. The third kappa shape index (κ3) is 6.76. The fourth-order valence-electron chi connectivity index (χ4n) is 6.61. The highest BCUT2D eigenvalue weighted by Gasteiger charge is 2.32. The summed E-state index contributed by atoms with van der Waals surface area (Å²) in [5.41, 5.74) is 7.69. The first kappa shape index (κ1) is 30.4. The maximum Gasteiger partial charge on any atom is 0.406 e. The van der Waals surface area contributed by atoms with E-state index in [1.807, 2.05) is 0 Å². The highest BCUT2D eigenvalue weighted by molar-refractivity contribution is 5.88. The van der Waals surface area contributed by atoms with Crippen LogP contribution in [0.15, 0.2) is 36.4 Å². The number of ether oxygens (including phenoxy) is 2. The molecule has 228 valence electrons. The van der Waals surface area contributed by atoms with E-state index in [0.717, 1.165) is 58.5 Å². The van der Waals surface area contributed by atoms with Gasteiger partial charge in [-0.05, 0) is 86.9 Å². The summed E-state index contributed by atoms with van der Waals surface area (Å²) in [7, 11) is 3.52. The molecule has 0 radical (unpaired) electrons. The first-order chi connectivity index (χ1) is 20.2. The van der Waals surface area contributed by atoms with Gasteiger partial charge in [0.15, 0.2) is 6.23 Å². The van der Waals surface area contributed by atoms with E-state index in [9.17, 15) is 4.79 Å². The summed E-state index contributed by atoms with van der Waals surface area (Å²) in [5, 5.41) is 9.45. The van der Waals surface area contributed by atoms with Gasteiger partial charge in [-0.2, -0.15) is 5.10 Å². The van der Waals surface area contributed by atoms with E-state index in [0.29, 0.717) is 12.5 Å². The third-order valence-corrected chi connectivity index (χ3v) is 8.80. The number of benzene rings is 2. The largest absolute Gasteiger partial charge is 0.453 e. The average molecular weight is 576 g/mol. The number of amides is 1. The maximum absolute atomic E-state index is 11.6. The van der Waals surface area contributed by atoms with E-state index < -0.39 is 6.09 Å². The number of methoxy groups -OCH3 is 1. The fraction of sp³-hybridized carbons (Fsp3) is 0.588. The lowest BCUT2D eigenvalue weighted by Gasteiger charge is -2.35. The monoisotopic (exact) mass is 575 g/mol. The Bertz CT molecular complexity index is 1360. The zero-order chi connectivity index (χ0) is 29.9. The van der Waals surface area contributed by atoms with Gasteiger partial charge in [-0.15, -0.1) is 0 Å². The van der Waals surface area contributed by atoms with Crippen molar-refractivity contribution < 1.29 is 14.3 Å². The number of nitrogens with one attached hydrogen (secondary N) is 1. The molecule has 1 unspecified atom stereocenters. The minimum Gasteiger partial charge on any atom is -0.453 e. The maximum atomic E-state index is 11.6. The number of piperidine rings is 1. The Hall–Kier alpha value is -3.10. The second kappa shape index (κ2) is 13.0. The third-order valence-electron chi connectivity index (χ3n) is 8.80. The van der Waals surface area contributed by atoms with E-state index in [1.54, 1.807) is 0 Å². The van der Waals surface area contributed by atoms with Crippen LogP contribution in [-0.4, -0.2) is 67.7 Å².